The van der Waals surface area contributed by atoms with Crippen LogP contribution < -0.4 is 10.1 Å². The standard InChI is InChI=1S/C14H19FN2O4/c1-21-14-7-11(10(15)6-12(14)17(19)20)16-8-9-4-2-3-5-13(9)18/h6-7,9,13,16,18H,2-5,8H2,1H3. The summed E-state index contributed by atoms with van der Waals surface area (Å²) in [6.45, 7) is 0.430. The third kappa shape index (κ3) is 3.60. The average molecular weight is 298 g/mol. The fourth-order valence-corrected chi connectivity index (χ4v) is 2.65. The molecular weight excluding hydrogens is 279 g/mol. The first kappa shape index (κ1) is 15.5. The van der Waals surface area contributed by atoms with E-state index >= 15 is 0 Å². The number of halogens is 1. The second-order valence-electron chi connectivity index (χ2n) is 5.25. The molecule has 6 nitrogen and oxygen atoms in total. The molecule has 0 aliphatic heterocycles. The van der Waals surface area contributed by atoms with E-state index in [9.17, 15) is 19.6 Å². The molecule has 2 atom stereocenters. The lowest BCUT2D eigenvalue weighted by atomic mass is 9.86. The number of nitro benzene ring substituents is 1. The molecule has 0 radical (unpaired) electrons. The van der Waals surface area contributed by atoms with Crippen molar-refractivity contribution in [2.45, 2.75) is 31.8 Å². The quantitative estimate of drug-likeness (QED) is 0.645. The van der Waals surface area contributed by atoms with E-state index in [1.165, 1.54) is 13.2 Å². The normalized spacial score (nSPS) is 21.9. The van der Waals surface area contributed by atoms with Crippen LogP contribution in [0.2, 0.25) is 0 Å². The van der Waals surface area contributed by atoms with Crippen molar-refractivity contribution in [2.24, 2.45) is 5.92 Å². The van der Waals surface area contributed by atoms with Gasteiger partial charge < -0.3 is 15.2 Å². The van der Waals surface area contributed by atoms with Gasteiger partial charge in [0.05, 0.1) is 29.9 Å². The molecule has 1 saturated carbocycles. The van der Waals surface area contributed by atoms with Gasteiger partial charge in [0.25, 0.3) is 0 Å². The summed E-state index contributed by atoms with van der Waals surface area (Å²) in [5.74, 6) is -0.625. The van der Waals surface area contributed by atoms with E-state index < -0.39 is 16.4 Å². The molecule has 0 spiro atoms. The number of nitro groups is 1. The number of hydrogen-bond acceptors (Lipinski definition) is 5. The van der Waals surface area contributed by atoms with Crippen molar-refractivity contribution in [3.05, 3.63) is 28.1 Å². The Bertz CT molecular complexity index is 524. The monoisotopic (exact) mass is 298 g/mol. The molecule has 0 aromatic heterocycles. The van der Waals surface area contributed by atoms with Crippen molar-refractivity contribution in [1.82, 2.24) is 0 Å². The molecule has 0 heterocycles. The van der Waals surface area contributed by atoms with E-state index in [4.69, 9.17) is 4.74 Å². The second-order valence-corrected chi connectivity index (χ2v) is 5.25. The van der Waals surface area contributed by atoms with Gasteiger partial charge in [-0.25, -0.2) is 4.39 Å². The number of aliphatic hydroxyl groups is 1. The van der Waals surface area contributed by atoms with E-state index in [1.54, 1.807) is 0 Å². The molecule has 2 rings (SSSR count). The lowest BCUT2D eigenvalue weighted by Gasteiger charge is -2.28. The Balaban J connectivity index is 2.11. The summed E-state index contributed by atoms with van der Waals surface area (Å²) >= 11 is 0. The zero-order chi connectivity index (χ0) is 15.4. The molecule has 1 aliphatic carbocycles. The van der Waals surface area contributed by atoms with Crippen LogP contribution in [0, 0.1) is 21.8 Å². The Labute approximate surface area is 122 Å². The molecule has 2 N–H and O–H groups in total. The highest BCUT2D eigenvalue weighted by molar-refractivity contribution is 5.59. The first-order valence-corrected chi connectivity index (χ1v) is 6.96. The fraction of sp³-hybridized carbons (Fsp3) is 0.571. The molecule has 1 aliphatic rings. The van der Waals surface area contributed by atoms with Gasteiger partial charge >= 0.3 is 5.69 Å². The number of benzene rings is 1. The van der Waals surface area contributed by atoms with Crippen LogP contribution in [0.3, 0.4) is 0 Å². The summed E-state index contributed by atoms with van der Waals surface area (Å²) in [7, 11) is 1.30. The number of anilines is 1. The van der Waals surface area contributed by atoms with E-state index in [-0.39, 0.29) is 23.5 Å². The molecule has 2 unspecified atom stereocenters. The average Bonchev–Trinajstić information content (AvgIpc) is 2.47. The maximum absolute atomic E-state index is 13.9. The largest absolute Gasteiger partial charge is 0.490 e. The van der Waals surface area contributed by atoms with Gasteiger partial charge in [-0.05, 0) is 12.8 Å². The molecule has 0 bridgehead atoms. The summed E-state index contributed by atoms with van der Waals surface area (Å²) in [6.07, 6.45) is 3.33. The van der Waals surface area contributed by atoms with Crippen LogP contribution in [0.4, 0.5) is 15.8 Å². The number of aliphatic hydroxyl groups excluding tert-OH is 1. The maximum Gasteiger partial charge on any atom is 0.313 e. The molecule has 0 saturated heterocycles. The predicted molar refractivity (Wildman–Crippen MR) is 76.1 cm³/mol. The van der Waals surface area contributed by atoms with Gasteiger partial charge in [0.2, 0.25) is 0 Å². The summed E-state index contributed by atoms with van der Waals surface area (Å²) in [5.41, 5.74) is -0.256. The molecule has 0 amide bonds. The highest BCUT2D eigenvalue weighted by atomic mass is 19.1. The number of methoxy groups -OCH3 is 1. The van der Waals surface area contributed by atoms with Gasteiger partial charge in [-0.1, -0.05) is 12.8 Å². The van der Waals surface area contributed by atoms with E-state index in [1.807, 2.05) is 0 Å². The predicted octanol–water partition coefficient (Wildman–Crippen LogP) is 2.71. The zero-order valence-electron chi connectivity index (χ0n) is 11.8. The minimum Gasteiger partial charge on any atom is -0.490 e. The van der Waals surface area contributed by atoms with Gasteiger partial charge in [-0.2, -0.15) is 0 Å². The third-order valence-electron chi connectivity index (χ3n) is 3.89. The summed E-state index contributed by atoms with van der Waals surface area (Å²) in [4.78, 5) is 10.1. The van der Waals surface area contributed by atoms with Gasteiger partial charge in [-0.3, -0.25) is 10.1 Å². The van der Waals surface area contributed by atoms with Crippen molar-refractivity contribution < 1.29 is 19.2 Å². The van der Waals surface area contributed by atoms with Crippen LogP contribution >= 0.6 is 0 Å². The van der Waals surface area contributed by atoms with Crippen molar-refractivity contribution >= 4 is 11.4 Å². The lowest BCUT2D eigenvalue weighted by Crippen LogP contribution is -2.30. The topological polar surface area (TPSA) is 84.6 Å². The molecular formula is C14H19FN2O4. The fourth-order valence-electron chi connectivity index (χ4n) is 2.65. The minimum absolute atomic E-state index is 0.00749. The minimum atomic E-state index is -0.701. The van der Waals surface area contributed by atoms with Crippen molar-refractivity contribution in [2.75, 3.05) is 19.0 Å². The lowest BCUT2D eigenvalue weighted by molar-refractivity contribution is -0.385. The Morgan fingerprint density at radius 1 is 1.48 bits per heavy atom. The maximum atomic E-state index is 13.9. The van der Waals surface area contributed by atoms with Crippen LogP contribution in [0.15, 0.2) is 12.1 Å². The van der Waals surface area contributed by atoms with Gasteiger partial charge in [0.15, 0.2) is 11.6 Å². The summed E-state index contributed by atoms with van der Waals surface area (Å²) in [5, 5.41) is 23.6. The molecule has 21 heavy (non-hydrogen) atoms. The van der Waals surface area contributed by atoms with Crippen molar-refractivity contribution in [3.63, 3.8) is 0 Å². The van der Waals surface area contributed by atoms with E-state index in [0.717, 1.165) is 31.7 Å². The van der Waals surface area contributed by atoms with Crippen molar-refractivity contribution in [1.29, 1.82) is 0 Å². The SMILES string of the molecule is COc1cc(NCC2CCCCC2O)c(F)cc1[N+](=O)[O-]. The second kappa shape index (κ2) is 6.71. The van der Waals surface area contributed by atoms with E-state index in [2.05, 4.69) is 5.32 Å². The Morgan fingerprint density at radius 3 is 2.81 bits per heavy atom. The number of hydrogen-bond donors (Lipinski definition) is 2. The highest BCUT2D eigenvalue weighted by Gasteiger charge is 2.24. The van der Waals surface area contributed by atoms with Gasteiger partial charge in [0.1, 0.15) is 0 Å². The Hall–Kier alpha value is -1.89. The molecule has 116 valence electrons. The first-order valence-electron chi connectivity index (χ1n) is 6.96. The smallest absolute Gasteiger partial charge is 0.313 e. The zero-order valence-corrected chi connectivity index (χ0v) is 11.8. The van der Waals surface area contributed by atoms with Crippen molar-refractivity contribution in [3.8, 4) is 5.75 Å². The van der Waals surface area contributed by atoms with Crippen LogP contribution in [0.5, 0.6) is 5.75 Å². The van der Waals surface area contributed by atoms with Crippen LogP contribution in [-0.4, -0.2) is 29.8 Å². The Kier molecular flexibility index (Phi) is 4.95. The summed E-state index contributed by atoms with van der Waals surface area (Å²) < 4.78 is 18.8. The van der Waals surface area contributed by atoms with Crippen LogP contribution in [0.25, 0.3) is 0 Å². The van der Waals surface area contributed by atoms with Gasteiger partial charge in [-0.15, -0.1) is 0 Å². The van der Waals surface area contributed by atoms with Crippen LogP contribution in [-0.2, 0) is 0 Å². The number of ether oxygens (including phenoxy) is 1. The molecule has 1 fully saturated rings. The first-order chi connectivity index (χ1) is 10.0. The van der Waals surface area contributed by atoms with Crippen LogP contribution in [0.1, 0.15) is 25.7 Å². The number of nitrogens with zero attached hydrogens (tertiary/aromatic N) is 1. The number of rotatable bonds is 5. The summed E-state index contributed by atoms with van der Waals surface area (Å²) in [6, 6.07) is 2.13. The van der Waals surface area contributed by atoms with Gasteiger partial charge in [0, 0.05) is 18.5 Å². The Morgan fingerprint density at radius 2 is 2.19 bits per heavy atom. The molecule has 1 aromatic carbocycles. The molecule has 7 heteroatoms. The van der Waals surface area contributed by atoms with E-state index in [0.29, 0.717) is 6.54 Å². The third-order valence-corrected chi connectivity index (χ3v) is 3.89. The highest BCUT2D eigenvalue weighted by Crippen LogP contribution is 2.33. The molecule has 1 aromatic rings. The number of nitrogens with one attached hydrogen (secondary N) is 1.